The van der Waals surface area contributed by atoms with Crippen LogP contribution in [0.2, 0.25) is 0 Å². The van der Waals surface area contributed by atoms with Crippen LogP contribution in [-0.4, -0.2) is 20.2 Å². The monoisotopic (exact) mass is 255 g/mol. The van der Waals surface area contributed by atoms with Gasteiger partial charge in [0.05, 0.1) is 7.11 Å². The second kappa shape index (κ2) is 5.89. The summed E-state index contributed by atoms with van der Waals surface area (Å²) >= 11 is 0. The summed E-state index contributed by atoms with van der Waals surface area (Å²) < 4.78 is 5.24. The molecule has 0 aliphatic heterocycles. The van der Waals surface area contributed by atoms with Gasteiger partial charge in [-0.05, 0) is 55.4 Å². The summed E-state index contributed by atoms with van der Waals surface area (Å²) in [6.07, 6.45) is 2.23. The zero-order valence-corrected chi connectivity index (χ0v) is 12.0. The van der Waals surface area contributed by atoms with E-state index in [1.807, 2.05) is 13.1 Å². The predicted molar refractivity (Wildman–Crippen MR) is 82.7 cm³/mol. The molecule has 1 atom stereocenters. The summed E-state index contributed by atoms with van der Waals surface area (Å²) in [4.78, 5) is 0. The van der Waals surface area contributed by atoms with Crippen LogP contribution in [0.5, 0.6) is 5.75 Å². The molecule has 0 fully saturated rings. The molecule has 0 heterocycles. The number of likely N-dealkylation sites (N-methyl/N-ethyl adjacent to an activating group) is 1. The summed E-state index contributed by atoms with van der Waals surface area (Å²) in [6, 6.07) is 13.1. The first-order valence-electron chi connectivity index (χ1n) is 6.57. The van der Waals surface area contributed by atoms with E-state index in [9.17, 15) is 0 Å². The van der Waals surface area contributed by atoms with E-state index in [0.717, 1.165) is 5.75 Å². The molecule has 1 unspecified atom stereocenters. The molecule has 0 spiro atoms. The smallest absolute Gasteiger partial charge is 0.119 e. The van der Waals surface area contributed by atoms with Crippen molar-refractivity contribution >= 4 is 16.8 Å². The Balaban J connectivity index is 2.37. The lowest BCUT2D eigenvalue weighted by Crippen LogP contribution is -2.21. The van der Waals surface area contributed by atoms with E-state index in [4.69, 9.17) is 4.74 Å². The van der Waals surface area contributed by atoms with E-state index >= 15 is 0 Å². The van der Waals surface area contributed by atoms with E-state index in [1.54, 1.807) is 7.11 Å². The summed E-state index contributed by atoms with van der Waals surface area (Å²) in [6.45, 7) is 4.32. The highest BCUT2D eigenvalue weighted by molar-refractivity contribution is 5.86. The molecule has 0 amide bonds. The van der Waals surface area contributed by atoms with Crippen LogP contribution in [-0.2, 0) is 0 Å². The number of rotatable bonds is 4. The summed E-state index contributed by atoms with van der Waals surface area (Å²) in [5, 5.41) is 5.69. The average molecular weight is 255 g/mol. The SMILES string of the molecule is CNC(C)/C(C)=C/c1ccc2cc(OC)ccc2c1. The van der Waals surface area contributed by atoms with Crippen molar-refractivity contribution in [2.75, 3.05) is 14.2 Å². The molecule has 19 heavy (non-hydrogen) atoms. The van der Waals surface area contributed by atoms with Gasteiger partial charge in [-0.25, -0.2) is 0 Å². The highest BCUT2D eigenvalue weighted by Crippen LogP contribution is 2.23. The number of fused-ring (bicyclic) bond motifs is 1. The molecular formula is C17H21NO. The van der Waals surface area contributed by atoms with Gasteiger partial charge in [-0.1, -0.05) is 29.8 Å². The molecule has 0 bridgehead atoms. The highest BCUT2D eigenvalue weighted by Gasteiger charge is 2.01. The van der Waals surface area contributed by atoms with E-state index in [-0.39, 0.29) is 0 Å². The Morgan fingerprint density at radius 1 is 1.16 bits per heavy atom. The van der Waals surface area contributed by atoms with Gasteiger partial charge in [0.25, 0.3) is 0 Å². The Kier molecular flexibility index (Phi) is 4.23. The molecule has 2 aromatic carbocycles. The largest absolute Gasteiger partial charge is 0.497 e. The van der Waals surface area contributed by atoms with Gasteiger partial charge in [-0.3, -0.25) is 0 Å². The lowest BCUT2D eigenvalue weighted by Gasteiger charge is -2.11. The van der Waals surface area contributed by atoms with Crippen molar-refractivity contribution in [1.82, 2.24) is 5.32 Å². The first-order chi connectivity index (χ1) is 9.13. The first-order valence-corrected chi connectivity index (χ1v) is 6.57. The first kappa shape index (κ1) is 13.6. The fourth-order valence-corrected chi connectivity index (χ4v) is 2.07. The van der Waals surface area contributed by atoms with E-state index in [2.05, 4.69) is 55.6 Å². The normalized spacial score (nSPS) is 13.6. The van der Waals surface area contributed by atoms with Crippen molar-refractivity contribution in [3.8, 4) is 5.75 Å². The maximum Gasteiger partial charge on any atom is 0.119 e. The molecule has 2 aromatic rings. The fraction of sp³-hybridized carbons (Fsp3) is 0.294. The van der Waals surface area contributed by atoms with Crippen molar-refractivity contribution in [2.45, 2.75) is 19.9 Å². The number of benzene rings is 2. The second-order valence-electron chi connectivity index (χ2n) is 4.87. The minimum absolute atomic E-state index is 0.395. The molecule has 0 saturated heterocycles. The van der Waals surface area contributed by atoms with Crippen LogP contribution in [0.1, 0.15) is 19.4 Å². The van der Waals surface area contributed by atoms with Crippen molar-refractivity contribution in [3.05, 3.63) is 47.5 Å². The van der Waals surface area contributed by atoms with Crippen LogP contribution in [0, 0.1) is 0 Å². The molecule has 0 saturated carbocycles. The number of methoxy groups -OCH3 is 1. The Hall–Kier alpha value is -1.80. The van der Waals surface area contributed by atoms with Crippen molar-refractivity contribution < 1.29 is 4.74 Å². The standard InChI is InChI=1S/C17H21NO/c1-12(13(2)18-3)9-14-5-6-16-11-17(19-4)8-7-15(16)10-14/h5-11,13,18H,1-4H3/b12-9+. The van der Waals surface area contributed by atoms with Crippen LogP contribution in [0.15, 0.2) is 42.0 Å². The summed E-state index contributed by atoms with van der Waals surface area (Å²) in [5.41, 5.74) is 2.56. The molecule has 2 rings (SSSR count). The number of ether oxygens (including phenoxy) is 1. The molecule has 2 heteroatoms. The van der Waals surface area contributed by atoms with Crippen LogP contribution < -0.4 is 10.1 Å². The Labute approximate surface area is 115 Å². The van der Waals surface area contributed by atoms with Crippen LogP contribution >= 0.6 is 0 Å². The summed E-state index contributed by atoms with van der Waals surface area (Å²) in [5.74, 6) is 0.899. The van der Waals surface area contributed by atoms with Crippen molar-refractivity contribution in [3.63, 3.8) is 0 Å². The number of hydrogen-bond acceptors (Lipinski definition) is 2. The minimum atomic E-state index is 0.395. The Morgan fingerprint density at radius 2 is 1.84 bits per heavy atom. The van der Waals surface area contributed by atoms with Gasteiger partial charge in [0.2, 0.25) is 0 Å². The highest BCUT2D eigenvalue weighted by atomic mass is 16.5. The van der Waals surface area contributed by atoms with Gasteiger partial charge >= 0.3 is 0 Å². The van der Waals surface area contributed by atoms with Gasteiger partial charge in [0.1, 0.15) is 5.75 Å². The third-order valence-electron chi connectivity index (χ3n) is 3.58. The predicted octanol–water partition coefficient (Wildman–Crippen LogP) is 3.86. The van der Waals surface area contributed by atoms with Crippen molar-refractivity contribution in [1.29, 1.82) is 0 Å². The third kappa shape index (κ3) is 3.15. The Morgan fingerprint density at radius 3 is 2.53 bits per heavy atom. The molecular weight excluding hydrogens is 234 g/mol. The van der Waals surface area contributed by atoms with Gasteiger partial charge < -0.3 is 10.1 Å². The van der Waals surface area contributed by atoms with Gasteiger partial charge in [-0.2, -0.15) is 0 Å². The third-order valence-corrected chi connectivity index (χ3v) is 3.58. The van der Waals surface area contributed by atoms with Gasteiger partial charge in [0.15, 0.2) is 0 Å². The molecule has 0 aromatic heterocycles. The van der Waals surface area contributed by atoms with E-state index in [1.165, 1.54) is 21.9 Å². The van der Waals surface area contributed by atoms with E-state index in [0.29, 0.717) is 6.04 Å². The van der Waals surface area contributed by atoms with Crippen LogP contribution in [0.3, 0.4) is 0 Å². The lowest BCUT2D eigenvalue weighted by molar-refractivity contribution is 0.415. The topological polar surface area (TPSA) is 21.3 Å². The molecule has 0 aliphatic carbocycles. The second-order valence-corrected chi connectivity index (χ2v) is 4.87. The van der Waals surface area contributed by atoms with E-state index < -0.39 is 0 Å². The Bertz CT molecular complexity index is 601. The zero-order chi connectivity index (χ0) is 13.8. The number of nitrogens with one attached hydrogen (secondary N) is 1. The lowest BCUT2D eigenvalue weighted by atomic mass is 10.0. The van der Waals surface area contributed by atoms with Crippen molar-refractivity contribution in [2.24, 2.45) is 0 Å². The van der Waals surface area contributed by atoms with Crippen LogP contribution in [0.4, 0.5) is 0 Å². The molecule has 1 N–H and O–H groups in total. The minimum Gasteiger partial charge on any atom is -0.497 e. The van der Waals surface area contributed by atoms with Crippen LogP contribution in [0.25, 0.3) is 16.8 Å². The number of hydrogen-bond donors (Lipinski definition) is 1. The zero-order valence-electron chi connectivity index (χ0n) is 12.0. The molecule has 2 nitrogen and oxygen atoms in total. The quantitative estimate of drug-likeness (QED) is 0.895. The average Bonchev–Trinajstić information content (AvgIpc) is 2.45. The maximum atomic E-state index is 5.24. The fourth-order valence-electron chi connectivity index (χ4n) is 2.07. The summed E-state index contributed by atoms with van der Waals surface area (Å²) in [7, 11) is 3.68. The molecule has 0 aliphatic rings. The van der Waals surface area contributed by atoms with Gasteiger partial charge in [-0.15, -0.1) is 0 Å². The molecule has 0 radical (unpaired) electrons. The maximum absolute atomic E-state index is 5.24. The van der Waals surface area contributed by atoms with Gasteiger partial charge in [0, 0.05) is 6.04 Å². The molecule has 100 valence electrons.